The van der Waals surface area contributed by atoms with Crippen LogP contribution in [0.5, 0.6) is 0 Å². The van der Waals surface area contributed by atoms with E-state index in [4.69, 9.17) is 18.9 Å². The van der Waals surface area contributed by atoms with Crippen molar-refractivity contribution in [1.82, 2.24) is 0 Å². The number of carbonyl (C=O) groups is 2. The topological polar surface area (TPSA) is 117 Å². The van der Waals surface area contributed by atoms with Crippen LogP contribution in [-0.2, 0) is 28.5 Å². The van der Waals surface area contributed by atoms with Gasteiger partial charge in [-0.15, -0.1) is 11.5 Å². The monoisotopic (exact) mass is 632 g/mol. The van der Waals surface area contributed by atoms with Crippen molar-refractivity contribution in [2.45, 2.75) is 83.1 Å². The van der Waals surface area contributed by atoms with Crippen LogP contribution in [-0.4, -0.2) is 111 Å². The van der Waals surface area contributed by atoms with Crippen LogP contribution in [0.25, 0.3) is 0 Å². The third kappa shape index (κ3) is 29.0. The first-order chi connectivity index (χ1) is 17.0. The van der Waals surface area contributed by atoms with Gasteiger partial charge in [-0.1, -0.05) is 83.1 Å². The van der Waals surface area contributed by atoms with E-state index >= 15 is 0 Å². The Morgan fingerprint density at radius 1 is 0.513 bits per heavy atom. The van der Waals surface area contributed by atoms with E-state index in [0.29, 0.717) is 39.6 Å². The number of rotatable bonds is 11. The number of carbonyl (C=O) groups excluding carboxylic acids is 2. The molecule has 0 radical (unpaired) electrons. The van der Waals surface area contributed by atoms with Gasteiger partial charge in [0.2, 0.25) is 0 Å². The van der Waals surface area contributed by atoms with Crippen LogP contribution >= 0.6 is 0 Å². The summed E-state index contributed by atoms with van der Waals surface area (Å²) in [6, 6.07) is 0. The Bertz CT molecular complexity index is 653. The van der Waals surface area contributed by atoms with Gasteiger partial charge in [-0.3, -0.25) is 9.59 Å². The maximum absolute atomic E-state index is 11.4. The molecule has 0 aromatic carbocycles. The van der Waals surface area contributed by atoms with E-state index in [1.54, 1.807) is 14.2 Å². The van der Waals surface area contributed by atoms with E-state index in [1.165, 1.54) is 12.2 Å². The molecule has 0 bridgehead atoms. The van der Waals surface area contributed by atoms with Crippen molar-refractivity contribution in [2.24, 2.45) is 21.7 Å². The largest absolute Gasteiger partial charge is 2.00 e. The molecule has 0 spiro atoms. The summed E-state index contributed by atoms with van der Waals surface area (Å²) < 4.78 is 19.9. The molecule has 0 N–H and O–H groups in total. The third-order valence-corrected chi connectivity index (χ3v) is 4.72. The number of methoxy groups -OCH3 is 2. The molecule has 9 heteroatoms. The van der Waals surface area contributed by atoms with Gasteiger partial charge in [0.1, 0.15) is 0 Å². The van der Waals surface area contributed by atoms with Crippen LogP contribution in [0.15, 0.2) is 23.7 Å². The molecule has 8 nitrogen and oxygen atoms in total. The Labute approximate surface area is 276 Å². The smallest absolute Gasteiger partial charge is 0.875 e. The van der Waals surface area contributed by atoms with Crippen molar-refractivity contribution < 1.29 is 38.7 Å². The van der Waals surface area contributed by atoms with Crippen molar-refractivity contribution in [3.05, 3.63) is 23.7 Å². The van der Waals surface area contributed by atoms with Crippen LogP contribution in [0.3, 0.4) is 0 Å². The Morgan fingerprint density at radius 3 is 0.923 bits per heavy atom. The minimum atomic E-state index is -0.457. The molecular formula is C30H56O8Sr. The predicted molar refractivity (Wildman–Crippen MR) is 155 cm³/mol. The van der Waals surface area contributed by atoms with Gasteiger partial charge in [0.15, 0.2) is 11.6 Å². The number of hydrogen-bond donors (Lipinski definition) is 0. The minimum absolute atomic E-state index is 0. The molecule has 0 fully saturated rings. The molecule has 0 aromatic rings. The second kappa shape index (κ2) is 22.4. The summed E-state index contributed by atoms with van der Waals surface area (Å²) in [5.41, 5.74) is -1.83. The zero-order valence-corrected chi connectivity index (χ0v) is 30.8. The molecule has 0 aliphatic carbocycles. The summed E-state index contributed by atoms with van der Waals surface area (Å²) in [6.45, 7) is 25.5. The molecule has 0 unspecified atom stereocenters. The van der Waals surface area contributed by atoms with E-state index < -0.39 is 21.7 Å². The summed E-state index contributed by atoms with van der Waals surface area (Å²) in [5, 5.41) is 22.9. The van der Waals surface area contributed by atoms with Crippen LogP contribution in [0.1, 0.15) is 83.1 Å². The molecule has 0 rings (SSSR count). The molecule has 0 saturated heterocycles. The first kappa shape index (κ1) is 45.7. The first-order valence-corrected chi connectivity index (χ1v) is 13.0. The van der Waals surface area contributed by atoms with Crippen LogP contribution in [0.2, 0.25) is 0 Å². The number of allylic oxidation sites excluding steroid dienone is 4. The molecule has 0 aliphatic rings. The van der Waals surface area contributed by atoms with Gasteiger partial charge < -0.3 is 29.2 Å². The normalized spacial score (nSPS) is 12.9. The zero-order chi connectivity index (χ0) is 30.8. The van der Waals surface area contributed by atoms with Crippen molar-refractivity contribution in [3.63, 3.8) is 0 Å². The van der Waals surface area contributed by atoms with Gasteiger partial charge in [-0.2, -0.15) is 0 Å². The van der Waals surface area contributed by atoms with Gasteiger partial charge in [0.25, 0.3) is 0 Å². The maximum Gasteiger partial charge on any atom is 2.00 e. The molecule has 226 valence electrons. The molecular weight excluding hydrogens is 576 g/mol. The summed E-state index contributed by atoms with van der Waals surface area (Å²) in [4.78, 5) is 22.9. The van der Waals surface area contributed by atoms with Crippen molar-refractivity contribution in [2.75, 3.05) is 53.9 Å². The second-order valence-corrected chi connectivity index (χ2v) is 13.0. The summed E-state index contributed by atoms with van der Waals surface area (Å²) in [6.07, 6.45) is 2.44. The quantitative estimate of drug-likeness (QED) is 0.147. The van der Waals surface area contributed by atoms with E-state index in [-0.39, 0.29) is 68.6 Å². The molecule has 39 heavy (non-hydrogen) atoms. The number of hydrogen-bond acceptors (Lipinski definition) is 8. The van der Waals surface area contributed by atoms with E-state index in [9.17, 15) is 19.8 Å². The van der Waals surface area contributed by atoms with Crippen molar-refractivity contribution in [1.29, 1.82) is 0 Å². The maximum atomic E-state index is 11.4. The Balaban J connectivity index is -0.000000233. The van der Waals surface area contributed by atoms with Crippen molar-refractivity contribution >= 4 is 57.0 Å². The Hall–Kier alpha value is -0.259. The number of ketones is 2. The van der Waals surface area contributed by atoms with E-state index in [0.717, 1.165) is 0 Å². The predicted octanol–water partition coefficient (Wildman–Crippen LogP) is 3.72. The van der Waals surface area contributed by atoms with Gasteiger partial charge >= 0.3 is 45.5 Å². The standard InChI is InChI=1S/2C11H20O2.C8H18O4.Sr/c2*1-10(2,3)8(12)7-9(13)11(4,5)6;1-9-3-5-11-7-8-12-6-4-10-2;/h2*7,12H,1-6H3;3-8H2,1-2H3;/q;;;+2/p-2/b2*8-7-;;. The fourth-order valence-corrected chi connectivity index (χ4v) is 1.71. The van der Waals surface area contributed by atoms with Crippen LogP contribution in [0, 0.1) is 21.7 Å². The molecule has 0 aromatic heterocycles. The third-order valence-electron chi connectivity index (χ3n) is 4.72. The van der Waals surface area contributed by atoms with Crippen molar-refractivity contribution in [3.8, 4) is 0 Å². The summed E-state index contributed by atoms with van der Waals surface area (Å²) in [5.74, 6) is -0.417. The molecule has 0 amide bonds. The molecule has 0 saturated carbocycles. The average Bonchev–Trinajstić information content (AvgIpc) is 2.74. The first-order valence-electron chi connectivity index (χ1n) is 13.0. The van der Waals surface area contributed by atoms with E-state index in [2.05, 4.69) is 0 Å². The van der Waals surface area contributed by atoms with Gasteiger partial charge in [0, 0.05) is 25.0 Å². The number of ether oxygens (including phenoxy) is 4. The minimum Gasteiger partial charge on any atom is -0.875 e. The Morgan fingerprint density at radius 2 is 0.744 bits per heavy atom. The van der Waals surface area contributed by atoms with Gasteiger partial charge in [-0.05, 0) is 23.0 Å². The molecule has 0 heterocycles. The summed E-state index contributed by atoms with van der Waals surface area (Å²) in [7, 11) is 3.30. The van der Waals surface area contributed by atoms with E-state index in [1.807, 2.05) is 83.1 Å². The SMILES string of the molecule is CC(C)(C)C(=O)/C=C(\[O-])C(C)(C)C.CC(C)(C)C(=O)/C=C(\[O-])C(C)(C)C.COCCOCCOCCOC.[Sr+2]. The zero-order valence-electron chi connectivity index (χ0n) is 27.4. The molecule has 0 aliphatic heterocycles. The van der Waals surface area contributed by atoms with Gasteiger partial charge in [0.05, 0.1) is 39.6 Å². The van der Waals surface area contributed by atoms with Crippen LogP contribution < -0.4 is 10.2 Å². The summed E-state index contributed by atoms with van der Waals surface area (Å²) >= 11 is 0. The fraction of sp³-hybridized carbons (Fsp3) is 0.800. The second-order valence-electron chi connectivity index (χ2n) is 13.0. The van der Waals surface area contributed by atoms with Gasteiger partial charge in [-0.25, -0.2) is 0 Å². The molecule has 0 atom stereocenters. The average molecular weight is 632 g/mol. The fourth-order valence-electron chi connectivity index (χ4n) is 1.71. The Kier molecular flexibility index (Phi) is 26.2. The van der Waals surface area contributed by atoms with Crippen LogP contribution in [0.4, 0.5) is 0 Å².